The number of rotatable bonds is 5. The largest absolute Gasteiger partial charge is 0.397 e. The highest BCUT2D eigenvalue weighted by atomic mass is 16.6. The number of nitrogens with two attached hydrogens (primary N) is 1. The number of hydrogen-bond acceptors (Lipinski definition) is 8. The maximum absolute atomic E-state index is 13.2. The van der Waals surface area contributed by atoms with Crippen LogP contribution in [0.3, 0.4) is 0 Å². The molecule has 0 saturated carbocycles. The summed E-state index contributed by atoms with van der Waals surface area (Å²) in [4.78, 5) is 24.1. The molecule has 4 aromatic carbocycles. The van der Waals surface area contributed by atoms with Crippen LogP contribution in [-0.4, -0.2) is 31.0 Å². The summed E-state index contributed by atoms with van der Waals surface area (Å²) in [7, 11) is 0. The lowest BCUT2D eigenvalue weighted by Gasteiger charge is -2.15. The van der Waals surface area contributed by atoms with Gasteiger partial charge in [0.15, 0.2) is 0 Å². The third kappa shape index (κ3) is 4.74. The second-order valence-corrected chi connectivity index (χ2v) is 10.8. The van der Waals surface area contributed by atoms with Crippen molar-refractivity contribution in [3.8, 4) is 16.8 Å². The van der Waals surface area contributed by atoms with Crippen molar-refractivity contribution in [2.75, 3.05) is 16.4 Å². The summed E-state index contributed by atoms with van der Waals surface area (Å²) in [5, 5.41) is 31.5. The molecule has 0 saturated heterocycles. The Balaban J connectivity index is 1.36. The molecule has 210 valence electrons. The van der Waals surface area contributed by atoms with E-state index in [9.17, 15) is 14.9 Å². The molecular formula is C30H26N8O4. The number of nitro groups is 1. The fourth-order valence-corrected chi connectivity index (χ4v) is 4.77. The number of benzene rings is 4. The summed E-state index contributed by atoms with van der Waals surface area (Å²) in [6.45, 7) is 6.08. The van der Waals surface area contributed by atoms with Crippen molar-refractivity contribution >= 4 is 50.7 Å². The number of hydrogen-bond donors (Lipinski definition) is 3. The second kappa shape index (κ2) is 10.0. The molecule has 4 N–H and O–H groups in total. The Labute approximate surface area is 239 Å². The molecule has 0 unspecified atom stereocenters. The van der Waals surface area contributed by atoms with Crippen molar-refractivity contribution < 1.29 is 14.3 Å². The first kappa shape index (κ1) is 26.4. The van der Waals surface area contributed by atoms with E-state index in [1.54, 1.807) is 28.9 Å². The van der Waals surface area contributed by atoms with Crippen LogP contribution >= 0.6 is 0 Å². The van der Waals surface area contributed by atoms with E-state index in [4.69, 9.17) is 15.5 Å². The first-order valence-electron chi connectivity index (χ1n) is 13.1. The molecule has 12 nitrogen and oxygen atoms in total. The molecule has 2 aromatic heterocycles. The highest BCUT2D eigenvalue weighted by Gasteiger charge is 2.24. The predicted molar refractivity (Wildman–Crippen MR) is 161 cm³/mol. The number of amides is 2. The molecule has 0 bridgehead atoms. The molecule has 0 spiro atoms. The molecule has 0 aliphatic heterocycles. The lowest BCUT2D eigenvalue weighted by molar-refractivity contribution is -0.383. The molecular weight excluding hydrogens is 536 g/mol. The third-order valence-corrected chi connectivity index (χ3v) is 6.91. The van der Waals surface area contributed by atoms with Gasteiger partial charge in [-0.2, -0.15) is 5.10 Å². The number of nitrogens with one attached hydrogen (secondary N) is 2. The van der Waals surface area contributed by atoms with E-state index < -0.39 is 11.0 Å². The van der Waals surface area contributed by atoms with E-state index in [1.807, 2.05) is 69.3 Å². The number of aromatic nitrogens is 4. The van der Waals surface area contributed by atoms with Gasteiger partial charge in [-0.1, -0.05) is 63.2 Å². The zero-order chi connectivity index (χ0) is 29.6. The van der Waals surface area contributed by atoms with Crippen LogP contribution in [0.4, 0.5) is 27.7 Å². The van der Waals surface area contributed by atoms with Gasteiger partial charge < -0.3 is 11.1 Å². The molecule has 2 heterocycles. The molecule has 0 aliphatic carbocycles. The van der Waals surface area contributed by atoms with Gasteiger partial charge in [0.05, 0.1) is 27.7 Å². The molecule has 0 fully saturated rings. The number of nitrogen functional groups attached to an aromatic ring is 1. The fourth-order valence-electron chi connectivity index (χ4n) is 4.77. The Morgan fingerprint density at radius 1 is 0.952 bits per heavy atom. The summed E-state index contributed by atoms with van der Waals surface area (Å²) in [6.07, 6.45) is 0. The van der Waals surface area contributed by atoms with E-state index in [0.717, 1.165) is 16.5 Å². The van der Waals surface area contributed by atoms with E-state index in [-0.39, 0.29) is 22.1 Å². The predicted octanol–water partition coefficient (Wildman–Crippen LogP) is 6.66. The molecule has 0 radical (unpaired) electrons. The van der Waals surface area contributed by atoms with Crippen LogP contribution in [0.15, 0.2) is 83.5 Å². The van der Waals surface area contributed by atoms with Gasteiger partial charge in [0.25, 0.3) is 0 Å². The molecule has 6 rings (SSSR count). The molecule has 6 aromatic rings. The third-order valence-electron chi connectivity index (χ3n) is 6.91. The van der Waals surface area contributed by atoms with Crippen LogP contribution in [0.25, 0.3) is 38.6 Å². The highest BCUT2D eigenvalue weighted by molar-refractivity contribution is 6.06. The minimum atomic E-state index is -0.538. The van der Waals surface area contributed by atoms with Crippen molar-refractivity contribution in [3.63, 3.8) is 0 Å². The van der Waals surface area contributed by atoms with Gasteiger partial charge in [-0.3, -0.25) is 15.4 Å². The first-order chi connectivity index (χ1) is 20.1. The SMILES string of the molecule is CC(C)(C)c1cc(NC(=O)Nc2cccc3ccccc23)n(-c2ccc(-c3ccc([N+](=O)[O-])c4nonc34)cc2N)n1. The van der Waals surface area contributed by atoms with Crippen LogP contribution in [0.2, 0.25) is 0 Å². The number of anilines is 3. The fraction of sp³-hybridized carbons (Fsp3) is 0.133. The Morgan fingerprint density at radius 3 is 2.48 bits per heavy atom. The summed E-state index contributed by atoms with van der Waals surface area (Å²) in [5.41, 5.74) is 9.84. The van der Waals surface area contributed by atoms with Crippen molar-refractivity contribution in [1.29, 1.82) is 0 Å². The Bertz CT molecular complexity index is 2000. The Hall–Kier alpha value is -5.78. The summed E-state index contributed by atoms with van der Waals surface area (Å²) >= 11 is 0. The lowest BCUT2D eigenvalue weighted by atomic mass is 9.92. The van der Waals surface area contributed by atoms with Crippen LogP contribution in [0.5, 0.6) is 0 Å². The molecule has 0 aliphatic rings. The number of non-ortho nitro benzene ring substituents is 1. The minimum absolute atomic E-state index is 0.0470. The van der Waals surface area contributed by atoms with Crippen molar-refractivity contribution in [2.24, 2.45) is 0 Å². The van der Waals surface area contributed by atoms with Gasteiger partial charge in [-0.15, -0.1) is 0 Å². The van der Waals surface area contributed by atoms with Crippen LogP contribution in [-0.2, 0) is 5.41 Å². The number of carbonyl (C=O) groups is 1. The van der Waals surface area contributed by atoms with Gasteiger partial charge >= 0.3 is 11.7 Å². The topological polar surface area (TPSA) is 167 Å². The summed E-state index contributed by atoms with van der Waals surface area (Å²) < 4.78 is 6.39. The van der Waals surface area contributed by atoms with Gasteiger partial charge in [-0.25, -0.2) is 14.1 Å². The van der Waals surface area contributed by atoms with Crippen molar-refractivity contribution in [1.82, 2.24) is 20.1 Å². The van der Waals surface area contributed by atoms with E-state index in [2.05, 4.69) is 20.9 Å². The average molecular weight is 563 g/mol. The number of nitro benzene ring substituents is 1. The maximum Gasteiger partial charge on any atom is 0.324 e. The summed E-state index contributed by atoms with van der Waals surface area (Å²) in [5.74, 6) is 0.426. The average Bonchev–Trinajstić information content (AvgIpc) is 3.60. The zero-order valence-electron chi connectivity index (χ0n) is 23.0. The molecule has 12 heteroatoms. The minimum Gasteiger partial charge on any atom is -0.397 e. The zero-order valence-corrected chi connectivity index (χ0v) is 23.0. The normalized spacial score (nSPS) is 11.6. The van der Waals surface area contributed by atoms with Gasteiger partial charge in [0, 0.05) is 28.5 Å². The standard InChI is InChI=1S/C30H26N8O4/c1-30(2,3)25-16-26(33-29(39)32-22-10-6-8-17-7-4-5-9-19(17)22)37(34-25)23-13-11-18(15-21(23)31)20-12-14-24(38(40)41)28-27(20)35-42-36-28/h4-16H,31H2,1-3H3,(H2,32,33,39). The molecule has 0 atom stereocenters. The van der Waals surface area contributed by atoms with Crippen molar-refractivity contribution in [3.05, 3.63) is 94.7 Å². The number of urea groups is 1. The van der Waals surface area contributed by atoms with E-state index in [0.29, 0.717) is 34.0 Å². The van der Waals surface area contributed by atoms with Crippen molar-refractivity contribution in [2.45, 2.75) is 26.2 Å². The van der Waals surface area contributed by atoms with E-state index in [1.165, 1.54) is 6.07 Å². The number of carbonyl (C=O) groups excluding carboxylic acids is 1. The quantitative estimate of drug-likeness (QED) is 0.119. The Kier molecular flexibility index (Phi) is 6.30. The smallest absolute Gasteiger partial charge is 0.324 e. The molecule has 42 heavy (non-hydrogen) atoms. The molecule has 2 amide bonds. The summed E-state index contributed by atoms with van der Waals surface area (Å²) in [6, 6.07) is 23.1. The lowest BCUT2D eigenvalue weighted by Crippen LogP contribution is -2.21. The maximum atomic E-state index is 13.2. The van der Waals surface area contributed by atoms with Gasteiger partial charge in [0.1, 0.15) is 11.3 Å². The first-order valence-corrected chi connectivity index (χ1v) is 13.1. The van der Waals surface area contributed by atoms with E-state index >= 15 is 0 Å². The van der Waals surface area contributed by atoms with Gasteiger partial charge in [0.2, 0.25) is 5.52 Å². The number of nitrogens with zero attached hydrogens (tertiary/aromatic N) is 5. The van der Waals surface area contributed by atoms with Gasteiger partial charge in [-0.05, 0) is 45.5 Å². The van der Waals surface area contributed by atoms with Crippen LogP contribution in [0, 0.1) is 10.1 Å². The monoisotopic (exact) mass is 562 g/mol. The van der Waals surface area contributed by atoms with Crippen LogP contribution < -0.4 is 16.4 Å². The van der Waals surface area contributed by atoms with Crippen LogP contribution in [0.1, 0.15) is 26.5 Å². The Morgan fingerprint density at radius 2 is 1.71 bits per heavy atom. The highest BCUT2D eigenvalue weighted by Crippen LogP contribution is 2.35. The number of fused-ring (bicyclic) bond motifs is 2. The second-order valence-electron chi connectivity index (χ2n) is 10.8.